The van der Waals surface area contributed by atoms with E-state index in [9.17, 15) is 14.4 Å². The van der Waals surface area contributed by atoms with E-state index in [4.69, 9.17) is 4.74 Å². The maximum absolute atomic E-state index is 12.6. The van der Waals surface area contributed by atoms with Gasteiger partial charge in [-0.3, -0.25) is 9.59 Å². The molecule has 1 aliphatic heterocycles. The van der Waals surface area contributed by atoms with Crippen molar-refractivity contribution in [3.63, 3.8) is 0 Å². The summed E-state index contributed by atoms with van der Waals surface area (Å²) in [6.07, 6.45) is 3.00. The lowest BCUT2D eigenvalue weighted by Crippen LogP contribution is -2.29. The third kappa shape index (κ3) is 3.71. The number of carbonyl (C=O) groups is 3. The van der Waals surface area contributed by atoms with Gasteiger partial charge in [0, 0.05) is 12.1 Å². The van der Waals surface area contributed by atoms with Crippen molar-refractivity contribution in [2.45, 2.75) is 6.92 Å². The van der Waals surface area contributed by atoms with E-state index >= 15 is 0 Å². The molecule has 0 saturated carbocycles. The van der Waals surface area contributed by atoms with Crippen LogP contribution in [0.15, 0.2) is 78.9 Å². The van der Waals surface area contributed by atoms with Crippen LogP contribution < -0.4 is 9.64 Å². The summed E-state index contributed by atoms with van der Waals surface area (Å²) in [7, 11) is 0. The van der Waals surface area contributed by atoms with Crippen molar-refractivity contribution in [1.82, 2.24) is 0 Å². The van der Waals surface area contributed by atoms with E-state index in [0.29, 0.717) is 16.8 Å². The van der Waals surface area contributed by atoms with Crippen LogP contribution in [0.25, 0.3) is 6.08 Å². The third-order valence-electron chi connectivity index (χ3n) is 4.58. The molecule has 5 nitrogen and oxygen atoms in total. The SMILES string of the molecule is Cc1ccc(/C=C/C(=O)Oc2cccc(N3C(=O)c4ccccc4C3=O)c2)cc1. The molecule has 0 unspecified atom stereocenters. The van der Waals surface area contributed by atoms with Crippen LogP contribution in [0.3, 0.4) is 0 Å². The highest BCUT2D eigenvalue weighted by Crippen LogP contribution is 2.30. The van der Waals surface area contributed by atoms with Gasteiger partial charge < -0.3 is 4.74 Å². The Morgan fingerprint density at radius 2 is 1.52 bits per heavy atom. The van der Waals surface area contributed by atoms with Crippen molar-refractivity contribution in [3.05, 3.63) is 101 Å². The zero-order chi connectivity index (χ0) is 20.4. The molecule has 1 heterocycles. The van der Waals surface area contributed by atoms with Crippen LogP contribution in [-0.4, -0.2) is 17.8 Å². The molecule has 0 bridgehead atoms. The van der Waals surface area contributed by atoms with Gasteiger partial charge in [0.05, 0.1) is 16.8 Å². The Morgan fingerprint density at radius 3 is 2.17 bits per heavy atom. The number of rotatable bonds is 4. The van der Waals surface area contributed by atoms with Gasteiger partial charge in [-0.1, -0.05) is 48.0 Å². The van der Waals surface area contributed by atoms with E-state index in [1.165, 1.54) is 12.1 Å². The first-order valence-electron chi connectivity index (χ1n) is 9.07. The number of hydrogen-bond donors (Lipinski definition) is 0. The molecule has 0 N–H and O–H groups in total. The fourth-order valence-electron chi connectivity index (χ4n) is 3.10. The normalized spacial score (nSPS) is 13.1. The van der Waals surface area contributed by atoms with Crippen molar-refractivity contribution in [1.29, 1.82) is 0 Å². The number of amides is 2. The van der Waals surface area contributed by atoms with E-state index in [1.807, 2.05) is 31.2 Å². The minimum atomic E-state index is -0.551. The number of aryl methyl sites for hydroxylation is 1. The van der Waals surface area contributed by atoms with Crippen LogP contribution >= 0.6 is 0 Å². The molecule has 1 aliphatic rings. The number of benzene rings is 3. The van der Waals surface area contributed by atoms with Gasteiger partial charge in [0.15, 0.2) is 0 Å². The summed E-state index contributed by atoms with van der Waals surface area (Å²) in [4.78, 5) is 38.4. The first kappa shape index (κ1) is 18.4. The highest BCUT2D eigenvalue weighted by molar-refractivity contribution is 6.34. The Hall–Kier alpha value is -3.99. The smallest absolute Gasteiger partial charge is 0.336 e. The molecule has 3 aromatic rings. The molecule has 2 amide bonds. The van der Waals surface area contributed by atoms with Crippen molar-refractivity contribution in [3.8, 4) is 5.75 Å². The maximum Gasteiger partial charge on any atom is 0.336 e. The average molecular weight is 383 g/mol. The molecule has 0 radical (unpaired) electrons. The molecule has 0 aliphatic carbocycles. The Morgan fingerprint density at radius 1 is 0.862 bits per heavy atom. The zero-order valence-electron chi connectivity index (χ0n) is 15.7. The molecule has 142 valence electrons. The molecule has 0 atom stereocenters. The molecule has 0 spiro atoms. The third-order valence-corrected chi connectivity index (χ3v) is 4.58. The molecular formula is C24H17NO4. The maximum atomic E-state index is 12.6. The van der Waals surface area contributed by atoms with E-state index in [1.54, 1.807) is 48.5 Å². The number of nitrogens with zero attached hydrogens (tertiary/aromatic N) is 1. The minimum Gasteiger partial charge on any atom is -0.423 e. The minimum absolute atomic E-state index is 0.248. The summed E-state index contributed by atoms with van der Waals surface area (Å²) in [5.41, 5.74) is 3.09. The van der Waals surface area contributed by atoms with E-state index in [0.717, 1.165) is 16.0 Å². The van der Waals surface area contributed by atoms with Gasteiger partial charge in [0.2, 0.25) is 0 Å². The number of imide groups is 1. The van der Waals surface area contributed by atoms with Crippen LogP contribution in [0, 0.1) is 6.92 Å². The lowest BCUT2D eigenvalue weighted by molar-refractivity contribution is -0.128. The Bertz CT molecular complexity index is 1110. The first-order chi connectivity index (χ1) is 14.0. The highest BCUT2D eigenvalue weighted by atomic mass is 16.5. The largest absolute Gasteiger partial charge is 0.423 e. The summed E-state index contributed by atoms with van der Waals surface area (Å²) in [5, 5.41) is 0. The van der Waals surface area contributed by atoms with Crippen molar-refractivity contribution < 1.29 is 19.1 Å². The molecule has 0 fully saturated rings. The second kappa shape index (κ2) is 7.56. The quantitative estimate of drug-likeness (QED) is 0.290. The van der Waals surface area contributed by atoms with E-state index < -0.39 is 17.8 Å². The summed E-state index contributed by atoms with van der Waals surface area (Å²) >= 11 is 0. The fraction of sp³-hybridized carbons (Fsp3) is 0.0417. The standard InChI is InChI=1S/C24H17NO4/c1-16-9-11-17(12-10-16)13-14-22(26)29-19-6-4-5-18(15-19)25-23(27)20-7-2-3-8-21(20)24(25)28/h2-15H,1H3/b14-13+. The molecule has 29 heavy (non-hydrogen) atoms. The Kier molecular flexibility index (Phi) is 4.79. The number of esters is 1. The van der Waals surface area contributed by atoms with Crippen LogP contribution in [0.1, 0.15) is 31.8 Å². The van der Waals surface area contributed by atoms with Crippen molar-refractivity contribution >= 4 is 29.5 Å². The molecule has 3 aromatic carbocycles. The average Bonchev–Trinajstić information content (AvgIpc) is 2.98. The fourth-order valence-corrected chi connectivity index (χ4v) is 3.10. The van der Waals surface area contributed by atoms with Gasteiger partial charge in [-0.2, -0.15) is 0 Å². The van der Waals surface area contributed by atoms with E-state index in [2.05, 4.69) is 0 Å². The molecule has 0 aromatic heterocycles. The van der Waals surface area contributed by atoms with Gasteiger partial charge >= 0.3 is 5.97 Å². The Balaban J connectivity index is 1.51. The Labute approximate surface area is 167 Å². The van der Waals surface area contributed by atoms with Gasteiger partial charge in [-0.25, -0.2) is 9.69 Å². The predicted molar refractivity (Wildman–Crippen MR) is 110 cm³/mol. The second-order valence-corrected chi connectivity index (χ2v) is 6.65. The van der Waals surface area contributed by atoms with Crippen LogP contribution in [0.4, 0.5) is 5.69 Å². The number of anilines is 1. The summed E-state index contributed by atoms with van der Waals surface area (Å²) in [6, 6.07) is 20.7. The summed E-state index contributed by atoms with van der Waals surface area (Å²) in [5.74, 6) is -1.09. The van der Waals surface area contributed by atoms with Crippen LogP contribution in [0.5, 0.6) is 5.75 Å². The van der Waals surface area contributed by atoms with Crippen LogP contribution in [-0.2, 0) is 4.79 Å². The van der Waals surface area contributed by atoms with Gasteiger partial charge in [-0.05, 0) is 42.8 Å². The highest BCUT2D eigenvalue weighted by Gasteiger charge is 2.36. The zero-order valence-corrected chi connectivity index (χ0v) is 15.7. The molecular weight excluding hydrogens is 366 g/mol. The summed E-state index contributed by atoms with van der Waals surface area (Å²) < 4.78 is 5.33. The van der Waals surface area contributed by atoms with Gasteiger partial charge in [0.1, 0.15) is 5.75 Å². The molecule has 0 saturated heterocycles. The number of hydrogen-bond acceptors (Lipinski definition) is 4. The second-order valence-electron chi connectivity index (χ2n) is 6.65. The van der Waals surface area contributed by atoms with Crippen molar-refractivity contribution in [2.24, 2.45) is 0 Å². The predicted octanol–water partition coefficient (Wildman–Crippen LogP) is 4.41. The summed E-state index contributed by atoms with van der Waals surface area (Å²) in [6.45, 7) is 1.99. The van der Waals surface area contributed by atoms with Gasteiger partial charge in [-0.15, -0.1) is 0 Å². The van der Waals surface area contributed by atoms with Crippen molar-refractivity contribution in [2.75, 3.05) is 4.90 Å². The van der Waals surface area contributed by atoms with Crippen LogP contribution in [0.2, 0.25) is 0 Å². The monoisotopic (exact) mass is 383 g/mol. The molecule has 5 heteroatoms. The number of ether oxygens (including phenoxy) is 1. The first-order valence-corrected chi connectivity index (χ1v) is 9.07. The van der Waals surface area contributed by atoms with E-state index in [-0.39, 0.29) is 5.75 Å². The topological polar surface area (TPSA) is 63.7 Å². The lowest BCUT2D eigenvalue weighted by atomic mass is 10.1. The number of fused-ring (bicyclic) bond motifs is 1. The van der Waals surface area contributed by atoms with Gasteiger partial charge in [0.25, 0.3) is 11.8 Å². The lowest BCUT2D eigenvalue weighted by Gasteiger charge is -2.14. The molecule has 4 rings (SSSR count). The number of carbonyl (C=O) groups excluding carboxylic acids is 3.